The van der Waals surface area contributed by atoms with Crippen LogP contribution in [0.5, 0.6) is 17.2 Å². The maximum atomic E-state index is 13.2. The van der Waals surface area contributed by atoms with Crippen LogP contribution in [-0.4, -0.2) is 41.7 Å². The van der Waals surface area contributed by atoms with Crippen LogP contribution in [0.15, 0.2) is 72.4 Å². The first-order chi connectivity index (χ1) is 18.9. The first-order valence-electron chi connectivity index (χ1n) is 12.8. The number of carbonyl (C=O) groups is 2. The normalized spacial score (nSPS) is 12.5. The summed E-state index contributed by atoms with van der Waals surface area (Å²) in [5, 5.41) is 5.65. The van der Waals surface area contributed by atoms with Crippen molar-refractivity contribution in [3.05, 3.63) is 89.4 Å². The zero-order valence-electron chi connectivity index (χ0n) is 21.8. The van der Waals surface area contributed by atoms with Crippen LogP contribution in [0.1, 0.15) is 35.6 Å². The fourth-order valence-corrected chi connectivity index (χ4v) is 4.00. The molecule has 0 radical (unpaired) electrons. The smallest absolute Gasteiger partial charge is 0.267 e. The molecule has 9 nitrogen and oxygen atoms in total. The Labute approximate surface area is 226 Å². The number of amides is 2. The van der Waals surface area contributed by atoms with Crippen molar-refractivity contribution in [1.82, 2.24) is 20.6 Å². The lowest BCUT2D eigenvalue weighted by Gasteiger charge is -2.12. The number of benzene rings is 3. The van der Waals surface area contributed by atoms with E-state index in [1.807, 2.05) is 24.3 Å². The van der Waals surface area contributed by atoms with E-state index < -0.39 is 11.8 Å². The number of para-hydroxylation sites is 2. The highest BCUT2D eigenvalue weighted by Gasteiger charge is 2.17. The third kappa shape index (κ3) is 6.56. The molecule has 0 fully saturated rings. The highest BCUT2D eigenvalue weighted by molar-refractivity contribution is 6.05. The average Bonchev–Trinajstić information content (AvgIpc) is 3.58. The van der Waals surface area contributed by atoms with Crippen molar-refractivity contribution in [1.29, 1.82) is 0 Å². The van der Waals surface area contributed by atoms with E-state index >= 15 is 0 Å². The van der Waals surface area contributed by atoms with Gasteiger partial charge in [-0.1, -0.05) is 32.0 Å². The van der Waals surface area contributed by atoms with Crippen LogP contribution in [0.4, 0.5) is 0 Å². The van der Waals surface area contributed by atoms with Gasteiger partial charge in [0, 0.05) is 18.5 Å². The number of ether oxygens (including phenoxy) is 3. The molecular weight excluding hydrogens is 496 g/mol. The van der Waals surface area contributed by atoms with Gasteiger partial charge in [0.2, 0.25) is 6.79 Å². The van der Waals surface area contributed by atoms with E-state index in [9.17, 15) is 9.59 Å². The predicted octanol–water partition coefficient (Wildman–Crippen LogP) is 4.46. The molecule has 0 unspecified atom stereocenters. The van der Waals surface area contributed by atoms with Gasteiger partial charge < -0.3 is 29.8 Å². The third-order valence-electron chi connectivity index (χ3n) is 5.99. The van der Waals surface area contributed by atoms with E-state index in [0.717, 1.165) is 16.9 Å². The number of aromatic amines is 1. The summed E-state index contributed by atoms with van der Waals surface area (Å²) in [5.74, 6) is 2.21. The number of nitrogens with zero attached hydrogens (tertiary/aromatic N) is 1. The summed E-state index contributed by atoms with van der Waals surface area (Å²) in [7, 11) is 0. The highest BCUT2D eigenvalue weighted by atomic mass is 16.7. The summed E-state index contributed by atoms with van der Waals surface area (Å²) in [4.78, 5) is 34.1. The van der Waals surface area contributed by atoms with Gasteiger partial charge in [0.1, 0.15) is 17.3 Å². The largest absolute Gasteiger partial charge is 0.493 e. The van der Waals surface area contributed by atoms with Crippen molar-refractivity contribution in [2.45, 2.75) is 20.3 Å². The Kier molecular flexibility index (Phi) is 7.77. The average molecular weight is 527 g/mol. The molecule has 200 valence electrons. The third-order valence-corrected chi connectivity index (χ3v) is 5.99. The highest BCUT2D eigenvalue weighted by Crippen LogP contribution is 2.33. The van der Waals surface area contributed by atoms with E-state index in [4.69, 9.17) is 14.2 Å². The molecule has 0 bridgehead atoms. The second kappa shape index (κ2) is 11.7. The predicted molar refractivity (Wildman–Crippen MR) is 148 cm³/mol. The van der Waals surface area contributed by atoms with Crippen LogP contribution in [0.3, 0.4) is 0 Å². The van der Waals surface area contributed by atoms with Gasteiger partial charge in [-0.25, -0.2) is 4.98 Å². The van der Waals surface area contributed by atoms with Gasteiger partial charge in [-0.2, -0.15) is 0 Å². The second-order valence-corrected chi connectivity index (χ2v) is 9.56. The topological polar surface area (TPSA) is 115 Å². The van der Waals surface area contributed by atoms with Crippen LogP contribution >= 0.6 is 0 Å². The lowest BCUT2D eigenvalue weighted by molar-refractivity contribution is -0.117. The molecule has 3 aromatic carbocycles. The van der Waals surface area contributed by atoms with Crippen LogP contribution in [0, 0.1) is 5.92 Å². The van der Waals surface area contributed by atoms with Gasteiger partial charge >= 0.3 is 0 Å². The fourth-order valence-electron chi connectivity index (χ4n) is 4.00. The molecule has 1 aliphatic rings. The summed E-state index contributed by atoms with van der Waals surface area (Å²) in [6, 6.07) is 19.9. The van der Waals surface area contributed by atoms with Crippen LogP contribution < -0.4 is 24.8 Å². The zero-order chi connectivity index (χ0) is 27.2. The number of nitrogens with one attached hydrogen (secondary N) is 3. The fraction of sp³-hybridized carbons (Fsp3) is 0.233. The minimum Gasteiger partial charge on any atom is -0.493 e. The van der Waals surface area contributed by atoms with E-state index in [1.54, 1.807) is 48.5 Å². The number of fused-ring (bicyclic) bond motifs is 2. The molecule has 39 heavy (non-hydrogen) atoms. The van der Waals surface area contributed by atoms with Gasteiger partial charge in [0.15, 0.2) is 11.5 Å². The van der Waals surface area contributed by atoms with Crippen molar-refractivity contribution in [2.24, 2.45) is 5.92 Å². The van der Waals surface area contributed by atoms with Crippen molar-refractivity contribution >= 4 is 28.9 Å². The number of imidazole rings is 1. The van der Waals surface area contributed by atoms with E-state index in [2.05, 4.69) is 34.4 Å². The summed E-state index contributed by atoms with van der Waals surface area (Å²) in [6.45, 7) is 5.19. The van der Waals surface area contributed by atoms with Gasteiger partial charge in [0.25, 0.3) is 11.8 Å². The van der Waals surface area contributed by atoms with Gasteiger partial charge in [-0.15, -0.1) is 0 Å². The van der Waals surface area contributed by atoms with Crippen LogP contribution in [0.25, 0.3) is 17.1 Å². The number of aromatic nitrogens is 2. The molecule has 4 aromatic rings. The molecule has 2 heterocycles. The Hall–Kier alpha value is -4.79. The maximum Gasteiger partial charge on any atom is 0.267 e. The Bertz CT molecular complexity index is 1470. The van der Waals surface area contributed by atoms with E-state index in [0.29, 0.717) is 53.9 Å². The summed E-state index contributed by atoms with van der Waals surface area (Å²) >= 11 is 0. The van der Waals surface area contributed by atoms with Crippen molar-refractivity contribution in [2.75, 3.05) is 19.9 Å². The molecule has 1 aromatic heterocycles. The standard InChI is InChI=1S/C30H30N4O5/c1-19(2)17-37-22-10-8-21(9-11-22)29(35)34-25(15-20-7-12-26-27(16-20)39-18-38-26)30(36)31-14-13-28-32-23-5-3-4-6-24(23)33-28/h3-12,15-16,19H,13-14,17-18H2,1-2H3,(H,31,36)(H,32,33)(H,34,35)/b25-15-. The summed E-state index contributed by atoms with van der Waals surface area (Å²) < 4.78 is 16.5. The minimum atomic E-state index is -0.422. The molecular formula is C30H30N4O5. The first kappa shape index (κ1) is 25.8. The molecule has 0 atom stereocenters. The van der Waals surface area contributed by atoms with Gasteiger partial charge in [0.05, 0.1) is 17.6 Å². The number of carbonyl (C=O) groups excluding carboxylic acids is 2. The molecule has 2 amide bonds. The monoisotopic (exact) mass is 526 g/mol. The molecule has 0 aliphatic carbocycles. The number of H-pyrrole nitrogens is 1. The lowest BCUT2D eigenvalue weighted by atomic mass is 10.1. The second-order valence-electron chi connectivity index (χ2n) is 9.56. The Morgan fingerprint density at radius 1 is 1.05 bits per heavy atom. The Morgan fingerprint density at radius 2 is 1.85 bits per heavy atom. The molecule has 5 rings (SSSR count). The van der Waals surface area contributed by atoms with Gasteiger partial charge in [-0.3, -0.25) is 9.59 Å². The SMILES string of the molecule is CC(C)COc1ccc(C(=O)N/C(=C\c2ccc3c(c2)OCO3)C(=O)NCCc2nc3ccccc3[nH]2)cc1. The van der Waals surface area contributed by atoms with Crippen molar-refractivity contribution in [3.8, 4) is 17.2 Å². The molecule has 9 heteroatoms. The Balaban J connectivity index is 1.29. The maximum absolute atomic E-state index is 13.2. The molecule has 3 N–H and O–H groups in total. The van der Waals surface area contributed by atoms with Crippen molar-refractivity contribution in [3.63, 3.8) is 0 Å². The molecule has 1 aliphatic heterocycles. The molecule has 0 saturated heterocycles. The Morgan fingerprint density at radius 3 is 2.64 bits per heavy atom. The first-order valence-corrected chi connectivity index (χ1v) is 12.8. The van der Waals surface area contributed by atoms with Gasteiger partial charge in [-0.05, 0) is 66.1 Å². The van der Waals surface area contributed by atoms with Crippen LogP contribution in [-0.2, 0) is 11.2 Å². The summed E-state index contributed by atoms with van der Waals surface area (Å²) in [6.07, 6.45) is 2.11. The van der Waals surface area contributed by atoms with E-state index in [1.165, 1.54) is 0 Å². The van der Waals surface area contributed by atoms with Crippen molar-refractivity contribution < 1.29 is 23.8 Å². The van der Waals surface area contributed by atoms with E-state index in [-0.39, 0.29) is 12.5 Å². The number of rotatable bonds is 10. The molecule has 0 spiro atoms. The number of hydrogen-bond acceptors (Lipinski definition) is 6. The molecule has 0 saturated carbocycles. The zero-order valence-corrected chi connectivity index (χ0v) is 21.8. The quantitative estimate of drug-likeness (QED) is 0.263. The van der Waals surface area contributed by atoms with Crippen LogP contribution in [0.2, 0.25) is 0 Å². The summed E-state index contributed by atoms with van der Waals surface area (Å²) in [5.41, 5.74) is 2.99. The number of hydrogen-bond donors (Lipinski definition) is 3. The minimum absolute atomic E-state index is 0.101. The lowest BCUT2D eigenvalue weighted by Crippen LogP contribution is -2.35.